The molecule has 1 nitrogen and oxygen atoms in total. The van der Waals surface area contributed by atoms with Gasteiger partial charge in [0.25, 0.3) is 0 Å². The first-order valence-corrected chi connectivity index (χ1v) is 6.38. The lowest BCUT2D eigenvalue weighted by Gasteiger charge is -2.04. The third-order valence-electron chi connectivity index (χ3n) is 2.71. The maximum Gasteiger partial charge on any atom is 0.0296 e. The van der Waals surface area contributed by atoms with Gasteiger partial charge < -0.3 is 5.32 Å². The van der Waals surface area contributed by atoms with Gasteiger partial charge in [0.05, 0.1) is 0 Å². The van der Waals surface area contributed by atoms with Crippen LogP contribution in [0.2, 0.25) is 0 Å². The van der Waals surface area contributed by atoms with Crippen LogP contribution in [-0.4, -0.2) is 7.05 Å². The number of hydrogen-bond donors (Lipinski definition) is 1. The van der Waals surface area contributed by atoms with Gasteiger partial charge in [-0.1, -0.05) is 23.8 Å². The Hall–Kier alpha value is -1.12. The molecule has 0 saturated heterocycles. The van der Waals surface area contributed by atoms with E-state index >= 15 is 0 Å². The molecule has 0 amide bonds. The summed E-state index contributed by atoms with van der Waals surface area (Å²) in [4.78, 5) is 1.39. The second-order valence-corrected chi connectivity index (χ2v) is 5.15. The first-order valence-electron chi connectivity index (χ1n) is 5.50. The molecule has 0 aliphatic heterocycles. The second kappa shape index (κ2) is 4.81. The Morgan fingerprint density at radius 3 is 2.75 bits per heavy atom. The van der Waals surface area contributed by atoms with Crippen LogP contribution in [0.1, 0.15) is 16.0 Å². The van der Waals surface area contributed by atoms with E-state index in [0.29, 0.717) is 0 Å². The van der Waals surface area contributed by atoms with Crippen LogP contribution in [0.25, 0.3) is 11.1 Å². The van der Waals surface area contributed by atoms with E-state index < -0.39 is 0 Å². The van der Waals surface area contributed by atoms with Crippen molar-refractivity contribution in [2.75, 3.05) is 7.05 Å². The number of rotatable bonds is 3. The van der Waals surface area contributed by atoms with Gasteiger partial charge in [-0.2, -0.15) is 0 Å². The van der Waals surface area contributed by atoms with Crippen LogP contribution in [0.5, 0.6) is 0 Å². The highest BCUT2D eigenvalue weighted by atomic mass is 32.1. The van der Waals surface area contributed by atoms with E-state index in [0.717, 1.165) is 6.54 Å². The zero-order valence-corrected chi connectivity index (χ0v) is 10.8. The first-order chi connectivity index (χ1) is 7.70. The quantitative estimate of drug-likeness (QED) is 0.848. The molecule has 2 rings (SSSR count). The van der Waals surface area contributed by atoms with Crippen LogP contribution in [0.3, 0.4) is 0 Å². The molecule has 2 heteroatoms. The largest absolute Gasteiger partial charge is 0.315 e. The van der Waals surface area contributed by atoms with Crippen molar-refractivity contribution >= 4 is 11.3 Å². The third kappa shape index (κ3) is 2.34. The van der Waals surface area contributed by atoms with Gasteiger partial charge in [-0.05, 0) is 49.0 Å². The molecule has 16 heavy (non-hydrogen) atoms. The van der Waals surface area contributed by atoms with E-state index in [2.05, 4.69) is 48.8 Å². The molecule has 1 N–H and O–H groups in total. The van der Waals surface area contributed by atoms with E-state index in [4.69, 9.17) is 0 Å². The lowest BCUT2D eigenvalue weighted by molar-refractivity contribution is 0.831. The molecule has 0 fully saturated rings. The summed E-state index contributed by atoms with van der Waals surface area (Å²) in [5, 5.41) is 5.43. The summed E-state index contributed by atoms with van der Waals surface area (Å²) in [6.45, 7) is 5.27. The van der Waals surface area contributed by atoms with Crippen LogP contribution in [0.4, 0.5) is 0 Å². The predicted octanol–water partition coefficient (Wildman–Crippen LogP) is 3.75. The van der Waals surface area contributed by atoms with Crippen LogP contribution in [0, 0.1) is 13.8 Å². The smallest absolute Gasteiger partial charge is 0.0296 e. The zero-order chi connectivity index (χ0) is 11.5. The predicted molar refractivity (Wildman–Crippen MR) is 72.0 cm³/mol. The molecule has 1 aromatic heterocycles. The summed E-state index contributed by atoms with van der Waals surface area (Å²) < 4.78 is 0. The van der Waals surface area contributed by atoms with Crippen molar-refractivity contribution in [2.45, 2.75) is 20.4 Å². The van der Waals surface area contributed by atoms with E-state index in [1.807, 2.05) is 18.4 Å². The van der Waals surface area contributed by atoms with Gasteiger partial charge in [0.15, 0.2) is 0 Å². The number of benzene rings is 1. The Bertz CT molecular complexity index is 485. The fourth-order valence-electron chi connectivity index (χ4n) is 1.84. The monoisotopic (exact) mass is 231 g/mol. The number of aryl methyl sites for hydroxylation is 2. The number of thiophene rings is 1. The average molecular weight is 231 g/mol. The SMILES string of the molecule is CNCc1cc(-c2cc(C)ccc2C)cs1. The maximum absolute atomic E-state index is 3.19. The lowest BCUT2D eigenvalue weighted by Crippen LogP contribution is -2.02. The minimum atomic E-state index is 0.954. The fraction of sp³-hybridized carbons (Fsp3) is 0.286. The summed E-state index contributed by atoms with van der Waals surface area (Å²) in [7, 11) is 1.98. The average Bonchev–Trinajstić information content (AvgIpc) is 2.71. The van der Waals surface area contributed by atoms with Crippen LogP contribution < -0.4 is 5.32 Å². The Morgan fingerprint density at radius 1 is 1.19 bits per heavy atom. The second-order valence-electron chi connectivity index (χ2n) is 4.15. The van der Waals surface area contributed by atoms with Crippen LogP contribution in [0.15, 0.2) is 29.6 Å². The van der Waals surface area contributed by atoms with Gasteiger partial charge in [-0.25, -0.2) is 0 Å². The van der Waals surface area contributed by atoms with Crippen LogP contribution >= 0.6 is 11.3 Å². The van der Waals surface area contributed by atoms with Gasteiger partial charge in [0, 0.05) is 11.4 Å². The van der Waals surface area contributed by atoms with Crippen molar-refractivity contribution in [3.8, 4) is 11.1 Å². The summed E-state index contributed by atoms with van der Waals surface area (Å²) in [5.74, 6) is 0. The summed E-state index contributed by atoms with van der Waals surface area (Å²) >= 11 is 1.82. The molecule has 0 aliphatic rings. The van der Waals surface area contributed by atoms with E-state index in [9.17, 15) is 0 Å². The van der Waals surface area contributed by atoms with Gasteiger partial charge in [-0.15, -0.1) is 11.3 Å². The molecule has 84 valence electrons. The highest BCUT2D eigenvalue weighted by Crippen LogP contribution is 2.28. The number of hydrogen-bond acceptors (Lipinski definition) is 2. The highest BCUT2D eigenvalue weighted by molar-refractivity contribution is 7.10. The molecule has 0 saturated carbocycles. The number of nitrogens with one attached hydrogen (secondary N) is 1. The van der Waals surface area contributed by atoms with Gasteiger partial charge in [0.2, 0.25) is 0 Å². The maximum atomic E-state index is 3.19. The summed E-state index contributed by atoms with van der Waals surface area (Å²) in [6.07, 6.45) is 0. The Morgan fingerprint density at radius 2 is 2.00 bits per heavy atom. The topological polar surface area (TPSA) is 12.0 Å². The minimum absolute atomic E-state index is 0.954. The molecule has 0 aliphatic carbocycles. The molecule has 0 bridgehead atoms. The van der Waals surface area contributed by atoms with Crippen molar-refractivity contribution in [1.82, 2.24) is 5.32 Å². The highest BCUT2D eigenvalue weighted by Gasteiger charge is 2.05. The molecule has 1 heterocycles. The molecule has 0 atom stereocenters. The van der Waals surface area contributed by atoms with Gasteiger partial charge >= 0.3 is 0 Å². The van der Waals surface area contributed by atoms with Crippen LogP contribution in [-0.2, 0) is 6.54 Å². The first kappa shape index (κ1) is 11.4. The lowest BCUT2D eigenvalue weighted by atomic mass is 10.0. The van der Waals surface area contributed by atoms with Crippen molar-refractivity contribution in [2.24, 2.45) is 0 Å². The van der Waals surface area contributed by atoms with Gasteiger partial charge in [-0.3, -0.25) is 0 Å². The Balaban J connectivity index is 2.38. The van der Waals surface area contributed by atoms with Crippen molar-refractivity contribution in [1.29, 1.82) is 0 Å². The Labute approximate surface area is 101 Å². The summed E-state index contributed by atoms with van der Waals surface area (Å²) in [5.41, 5.74) is 5.37. The van der Waals surface area contributed by atoms with E-state index in [-0.39, 0.29) is 0 Å². The van der Waals surface area contributed by atoms with Crippen molar-refractivity contribution in [3.63, 3.8) is 0 Å². The molecule has 0 unspecified atom stereocenters. The van der Waals surface area contributed by atoms with E-state index in [1.165, 1.54) is 27.1 Å². The Kier molecular flexibility index (Phi) is 3.42. The fourth-order valence-corrected chi connectivity index (χ4v) is 2.73. The zero-order valence-electron chi connectivity index (χ0n) is 10.0. The molecular formula is C14H17NS. The van der Waals surface area contributed by atoms with E-state index in [1.54, 1.807) is 0 Å². The molecule has 0 spiro atoms. The normalized spacial score (nSPS) is 10.7. The minimum Gasteiger partial charge on any atom is -0.315 e. The molecule has 0 radical (unpaired) electrons. The van der Waals surface area contributed by atoms with Gasteiger partial charge in [0.1, 0.15) is 0 Å². The van der Waals surface area contributed by atoms with Crippen molar-refractivity contribution in [3.05, 3.63) is 45.6 Å². The molecular weight excluding hydrogens is 214 g/mol. The summed E-state index contributed by atoms with van der Waals surface area (Å²) in [6, 6.07) is 8.91. The third-order valence-corrected chi connectivity index (χ3v) is 3.65. The van der Waals surface area contributed by atoms with Crippen molar-refractivity contribution < 1.29 is 0 Å². The molecule has 1 aromatic carbocycles. The molecule has 2 aromatic rings. The standard InChI is InChI=1S/C14H17NS/c1-10-4-5-11(2)14(6-10)12-7-13(8-15-3)16-9-12/h4-7,9,15H,8H2,1-3H3.